The van der Waals surface area contributed by atoms with Crippen LogP contribution in [-0.4, -0.2) is 67.0 Å². The van der Waals surface area contributed by atoms with Gasteiger partial charge in [-0.3, -0.25) is 4.90 Å². The zero-order valence-electron chi connectivity index (χ0n) is 12.4. The van der Waals surface area contributed by atoms with Gasteiger partial charge in [-0.05, 0) is 37.9 Å². The second-order valence-electron chi connectivity index (χ2n) is 5.58. The molecule has 1 aromatic heterocycles. The number of H-pyrrole nitrogens is 1. The highest BCUT2D eigenvalue weighted by Crippen LogP contribution is 2.03. The fourth-order valence-corrected chi connectivity index (χ4v) is 2.53. The maximum Gasteiger partial charge on any atom is 0.0791 e. The smallest absolute Gasteiger partial charge is 0.0791 e. The van der Waals surface area contributed by atoms with Gasteiger partial charge in [0.25, 0.3) is 0 Å². The van der Waals surface area contributed by atoms with E-state index in [1.54, 1.807) is 0 Å². The third-order valence-electron chi connectivity index (χ3n) is 3.64. The maximum absolute atomic E-state index is 9.97. The first-order chi connectivity index (χ1) is 9.74. The van der Waals surface area contributed by atoms with Crippen molar-refractivity contribution in [1.82, 2.24) is 15.2 Å². The molecule has 1 atom stereocenters. The largest absolute Gasteiger partial charge is 0.390 e. The molecule has 0 aromatic carbocycles. The van der Waals surface area contributed by atoms with Crippen LogP contribution < -0.4 is 5.32 Å². The summed E-state index contributed by atoms with van der Waals surface area (Å²) in [7, 11) is 0. The first-order valence-electron chi connectivity index (χ1n) is 7.57. The predicted molar refractivity (Wildman–Crippen MR) is 80.0 cm³/mol. The number of aromatic nitrogens is 1. The highest BCUT2D eigenvalue weighted by Gasteiger charge is 2.14. The number of aryl methyl sites for hydroxylation is 2. The minimum atomic E-state index is -0.291. The second-order valence-corrected chi connectivity index (χ2v) is 5.58. The second kappa shape index (κ2) is 8.42. The van der Waals surface area contributed by atoms with Crippen molar-refractivity contribution in [2.45, 2.75) is 25.9 Å². The lowest BCUT2D eigenvalue weighted by Gasteiger charge is -2.28. The van der Waals surface area contributed by atoms with E-state index < -0.39 is 0 Å². The summed E-state index contributed by atoms with van der Waals surface area (Å²) in [6, 6.07) is 2.19. The Bertz CT molecular complexity index is 375. The number of morpholine rings is 1. The van der Waals surface area contributed by atoms with Crippen molar-refractivity contribution < 1.29 is 9.84 Å². The Balaban J connectivity index is 1.49. The van der Waals surface area contributed by atoms with Gasteiger partial charge in [0.2, 0.25) is 0 Å². The molecule has 1 aromatic rings. The summed E-state index contributed by atoms with van der Waals surface area (Å²) < 4.78 is 5.30. The molecule has 0 radical (unpaired) electrons. The Morgan fingerprint density at radius 1 is 1.45 bits per heavy atom. The van der Waals surface area contributed by atoms with Crippen molar-refractivity contribution in [3.8, 4) is 0 Å². The average molecular weight is 281 g/mol. The number of β-amino-alcohol motifs (C(OH)–C–C–N with tert-alkyl or cyclic N) is 1. The molecule has 1 aliphatic heterocycles. The van der Waals surface area contributed by atoms with Crippen LogP contribution in [-0.2, 0) is 11.2 Å². The lowest BCUT2D eigenvalue weighted by molar-refractivity contribution is 0.0150. The van der Waals surface area contributed by atoms with Crippen LogP contribution in [0.4, 0.5) is 0 Å². The molecule has 2 heterocycles. The molecular weight excluding hydrogens is 254 g/mol. The number of nitrogens with zero attached hydrogens (tertiary/aromatic N) is 1. The van der Waals surface area contributed by atoms with Gasteiger partial charge in [0, 0.05) is 38.1 Å². The minimum absolute atomic E-state index is 0.291. The standard InChI is InChI=1S/C15H27N3O2/c1-13-9-14(17-10-13)3-2-4-16-11-15(19)12-18-5-7-20-8-6-18/h9-10,15-17,19H,2-8,11-12H2,1H3/t15-/m0/s1. The maximum atomic E-state index is 9.97. The van der Waals surface area contributed by atoms with Crippen molar-refractivity contribution >= 4 is 0 Å². The lowest BCUT2D eigenvalue weighted by Crippen LogP contribution is -2.43. The number of hydrogen-bond donors (Lipinski definition) is 3. The molecular formula is C15H27N3O2. The molecule has 20 heavy (non-hydrogen) atoms. The highest BCUT2D eigenvalue weighted by molar-refractivity contribution is 5.14. The van der Waals surface area contributed by atoms with E-state index in [4.69, 9.17) is 4.74 Å². The Kier molecular flexibility index (Phi) is 6.53. The zero-order valence-corrected chi connectivity index (χ0v) is 12.4. The van der Waals surface area contributed by atoms with Gasteiger partial charge in [0.1, 0.15) is 0 Å². The molecule has 0 saturated carbocycles. The van der Waals surface area contributed by atoms with E-state index in [0.29, 0.717) is 6.54 Å². The monoisotopic (exact) mass is 281 g/mol. The van der Waals surface area contributed by atoms with E-state index in [-0.39, 0.29) is 6.10 Å². The van der Waals surface area contributed by atoms with Crippen molar-refractivity contribution in [3.05, 3.63) is 23.5 Å². The molecule has 1 fully saturated rings. The molecule has 114 valence electrons. The molecule has 1 aliphatic rings. The normalized spacial score (nSPS) is 18.3. The third-order valence-corrected chi connectivity index (χ3v) is 3.64. The Hall–Kier alpha value is -0.880. The summed E-state index contributed by atoms with van der Waals surface area (Å²) in [6.07, 6.45) is 3.89. The van der Waals surface area contributed by atoms with Crippen LogP contribution in [0.3, 0.4) is 0 Å². The van der Waals surface area contributed by atoms with Gasteiger partial charge in [0.15, 0.2) is 0 Å². The van der Waals surface area contributed by atoms with E-state index >= 15 is 0 Å². The summed E-state index contributed by atoms with van der Waals surface area (Å²) in [5, 5.41) is 13.3. The molecule has 3 N–H and O–H groups in total. The van der Waals surface area contributed by atoms with Crippen molar-refractivity contribution in [2.24, 2.45) is 0 Å². The van der Waals surface area contributed by atoms with Gasteiger partial charge in [0.05, 0.1) is 19.3 Å². The van der Waals surface area contributed by atoms with E-state index in [9.17, 15) is 5.11 Å². The van der Waals surface area contributed by atoms with Gasteiger partial charge in [-0.15, -0.1) is 0 Å². The van der Waals surface area contributed by atoms with Crippen LogP contribution >= 0.6 is 0 Å². The number of aliphatic hydroxyl groups is 1. The van der Waals surface area contributed by atoms with Crippen LogP contribution in [0.1, 0.15) is 17.7 Å². The van der Waals surface area contributed by atoms with Gasteiger partial charge in [-0.1, -0.05) is 0 Å². The van der Waals surface area contributed by atoms with Crippen molar-refractivity contribution in [1.29, 1.82) is 0 Å². The van der Waals surface area contributed by atoms with Gasteiger partial charge >= 0.3 is 0 Å². The molecule has 2 rings (SSSR count). The number of aliphatic hydroxyl groups excluding tert-OH is 1. The van der Waals surface area contributed by atoms with Gasteiger partial charge < -0.3 is 20.1 Å². The number of hydrogen-bond acceptors (Lipinski definition) is 4. The molecule has 0 amide bonds. The molecule has 0 aliphatic carbocycles. The molecule has 5 nitrogen and oxygen atoms in total. The van der Waals surface area contributed by atoms with Gasteiger partial charge in [-0.2, -0.15) is 0 Å². The summed E-state index contributed by atoms with van der Waals surface area (Å²) in [5.41, 5.74) is 2.58. The van der Waals surface area contributed by atoms with Crippen LogP contribution in [0.15, 0.2) is 12.3 Å². The predicted octanol–water partition coefficient (Wildman–Crippen LogP) is 0.538. The summed E-state index contributed by atoms with van der Waals surface area (Å²) in [4.78, 5) is 5.53. The van der Waals surface area contributed by atoms with E-state index in [2.05, 4.69) is 28.2 Å². The number of ether oxygens (including phenoxy) is 1. The average Bonchev–Trinajstić information content (AvgIpc) is 2.85. The van der Waals surface area contributed by atoms with Crippen molar-refractivity contribution in [3.63, 3.8) is 0 Å². The topological polar surface area (TPSA) is 60.5 Å². The molecule has 0 spiro atoms. The molecule has 0 unspecified atom stereocenters. The van der Waals surface area contributed by atoms with Crippen LogP contribution in [0, 0.1) is 6.92 Å². The minimum Gasteiger partial charge on any atom is -0.390 e. The zero-order chi connectivity index (χ0) is 14.2. The quantitative estimate of drug-likeness (QED) is 0.609. The SMILES string of the molecule is Cc1c[nH]c(CCCNC[C@H](O)CN2CCOCC2)c1. The van der Waals surface area contributed by atoms with Crippen LogP contribution in [0.25, 0.3) is 0 Å². The molecule has 5 heteroatoms. The Morgan fingerprint density at radius 2 is 2.25 bits per heavy atom. The summed E-state index contributed by atoms with van der Waals surface area (Å²) >= 11 is 0. The number of aromatic amines is 1. The fraction of sp³-hybridized carbons (Fsp3) is 0.733. The lowest BCUT2D eigenvalue weighted by atomic mass is 10.2. The fourth-order valence-electron chi connectivity index (χ4n) is 2.53. The van der Waals surface area contributed by atoms with E-state index in [1.807, 2.05) is 6.20 Å². The van der Waals surface area contributed by atoms with Crippen LogP contribution in [0.5, 0.6) is 0 Å². The number of nitrogens with one attached hydrogen (secondary N) is 2. The van der Waals surface area contributed by atoms with E-state index in [1.165, 1.54) is 11.3 Å². The Morgan fingerprint density at radius 3 is 2.95 bits per heavy atom. The molecule has 1 saturated heterocycles. The summed E-state index contributed by atoms with van der Waals surface area (Å²) in [5.74, 6) is 0. The van der Waals surface area contributed by atoms with Crippen LogP contribution in [0.2, 0.25) is 0 Å². The van der Waals surface area contributed by atoms with Gasteiger partial charge in [-0.25, -0.2) is 0 Å². The molecule has 0 bridgehead atoms. The first-order valence-corrected chi connectivity index (χ1v) is 7.57. The first kappa shape index (κ1) is 15.5. The van der Waals surface area contributed by atoms with E-state index in [0.717, 1.165) is 52.2 Å². The number of rotatable bonds is 8. The third kappa shape index (κ3) is 5.63. The highest BCUT2D eigenvalue weighted by atomic mass is 16.5. The Labute approximate surface area is 121 Å². The summed E-state index contributed by atoms with van der Waals surface area (Å²) in [6.45, 7) is 7.89. The van der Waals surface area contributed by atoms with Crippen molar-refractivity contribution in [2.75, 3.05) is 45.9 Å².